The summed E-state index contributed by atoms with van der Waals surface area (Å²) in [5.74, 6) is -0.341. The molecular formula is C15H21NO5. The third-order valence-electron chi connectivity index (χ3n) is 2.75. The number of carbonyl (C=O) groups is 2. The molecule has 0 aliphatic carbocycles. The van der Waals surface area contributed by atoms with E-state index in [0.29, 0.717) is 11.5 Å². The van der Waals surface area contributed by atoms with Gasteiger partial charge in [-0.3, -0.25) is 9.59 Å². The summed E-state index contributed by atoms with van der Waals surface area (Å²) in [4.78, 5) is 22.5. The number of carboxylic acid groups (broad SMARTS) is 1. The molecule has 0 aliphatic rings. The molecule has 0 bridgehead atoms. The number of benzene rings is 1. The van der Waals surface area contributed by atoms with Gasteiger partial charge in [-0.1, -0.05) is 6.07 Å². The van der Waals surface area contributed by atoms with Crippen molar-refractivity contribution in [2.75, 3.05) is 13.7 Å². The number of amides is 1. The average molecular weight is 295 g/mol. The lowest BCUT2D eigenvalue weighted by molar-refractivity contribution is -0.138. The van der Waals surface area contributed by atoms with Crippen molar-refractivity contribution in [3.63, 3.8) is 0 Å². The second kappa shape index (κ2) is 6.97. The lowest BCUT2D eigenvalue weighted by Gasteiger charge is -2.24. The molecule has 0 saturated carbocycles. The van der Waals surface area contributed by atoms with Crippen LogP contribution in [-0.2, 0) is 9.59 Å². The van der Waals surface area contributed by atoms with E-state index >= 15 is 0 Å². The maximum atomic E-state index is 11.8. The molecule has 116 valence electrons. The van der Waals surface area contributed by atoms with Gasteiger partial charge in [0.2, 0.25) is 0 Å². The van der Waals surface area contributed by atoms with Crippen molar-refractivity contribution in [2.24, 2.45) is 0 Å². The number of ether oxygens (including phenoxy) is 2. The lowest BCUT2D eigenvalue weighted by atomic mass is 10.0. The minimum atomic E-state index is -0.971. The Kier molecular flexibility index (Phi) is 5.58. The Balaban J connectivity index is 2.59. The van der Waals surface area contributed by atoms with E-state index in [1.165, 1.54) is 7.11 Å². The molecule has 0 saturated heterocycles. The van der Waals surface area contributed by atoms with Crippen LogP contribution in [0.3, 0.4) is 0 Å². The Morgan fingerprint density at radius 2 is 1.95 bits per heavy atom. The number of aliphatic carboxylic acids is 1. The number of methoxy groups -OCH3 is 1. The Labute approximate surface area is 124 Å². The van der Waals surface area contributed by atoms with Crippen LogP contribution in [0.1, 0.15) is 25.8 Å². The van der Waals surface area contributed by atoms with Gasteiger partial charge < -0.3 is 19.9 Å². The SMILES string of the molecule is COc1cc(C)ccc1OCC(=O)NC(C)(C)CC(=O)O. The second-order valence-electron chi connectivity index (χ2n) is 5.45. The van der Waals surface area contributed by atoms with Crippen LogP contribution in [-0.4, -0.2) is 36.2 Å². The van der Waals surface area contributed by atoms with Gasteiger partial charge in [-0.05, 0) is 38.5 Å². The summed E-state index contributed by atoms with van der Waals surface area (Å²) in [5.41, 5.74) is 0.190. The molecule has 0 heterocycles. The largest absolute Gasteiger partial charge is 0.493 e. The molecule has 0 fully saturated rings. The Bertz CT molecular complexity index is 525. The van der Waals surface area contributed by atoms with Crippen molar-refractivity contribution in [2.45, 2.75) is 32.7 Å². The van der Waals surface area contributed by atoms with E-state index in [-0.39, 0.29) is 18.9 Å². The van der Waals surface area contributed by atoms with Crippen molar-refractivity contribution in [1.82, 2.24) is 5.32 Å². The summed E-state index contributed by atoms with van der Waals surface area (Å²) in [6.07, 6.45) is -0.160. The first-order valence-corrected chi connectivity index (χ1v) is 6.54. The summed E-state index contributed by atoms with van der Waals surface area (Å²) in [7, 11) is 1.53. The zero-order chi connectivity index (χ0) is 16.0. The molecule has 21 heavy (non-hydrogen) atoms. The highest BCUT2D eigenvalue weighted by Gasteiger charge is 2.24. The van der Waals surface area contributed by atoms with E-state index in [4.69, 9.17) is 14.6 Å². The van der Waals surface area contributed by atoms with Gasteiger partial charge in [-0.25, -0.2) is 0 Å². The summed E-state index contributed by atoms with van der Waals surface area (Å²) in [5, 5.41) is 11.4. The molecule has 1 aromatic rings. The molecule has 0 aliphatic heterocycles. The van der Waals surface area contributed by atoms with Crippen LogP contribution in [0.15, 0.2) is 18.2 Å². The molecule has 0 radical (unpaired) electrons. The van der Waals surface area contributed by atoms with Gasteiger partial charge in [0.25, 0.3) is 5.91 Å². The molecule has 0 aromatic heterocycles. The zero-order valence-corrected chi connectivity index (χ0v) is 12.7. The van der Waals surface area contributed by atoms with Crippen LogP contribution >= 0.6 is 0 Å². The Morgan fingerprint density at radius 3 is 2.52 bits per heavy atom. The van der Waals surface area contributed by atoms with E-state index in [0.717, 1.165) is 5.56 Å². The van der Waals surface area contributed by atoms with Crippen molar-refractivity contribution in [3.05, 3.63) is 23.8 Å². The highest BCUT2D eigenvalue weighted by atomic mass is 16.5. The fraction of sp³-hybridized carbons (Fsp3) is 0.467. The number of nitrogens with one attached hydrogen (secondary N) is 1. The zero-order valence-electron chi connectivity index (χ0n) is 12.7. The van der Waals surface area contributed by atoms with Crippen molar-refractivity contribution < 1.29 is 24.2 Å². The number of carboxylic acids is 1. The van der Waals surface area contributed by atoms with Crippen LogP contribution in [0.25, 0.3) is 0 Å². The predicted molar refractivity (Wildman–Crippen MR) is 77.7 cm³/mol. The predicted octanol–water partition coefficient (Wildman–Crippen LogP) is 1.75. The number of carbonyl (C=O) groups excluding carboxylic acids is 1. The van der Waals surface area contributed by atoms with E-state index in [9.17, 15) is 9.59 Å². The third-order valence-corrected chi connectivity index (χ3v) is 2.75. The van der Waals surface area contributed by atoms with Crippen molar-refractivity contribution in [3.8, 4) is 11.5 Å². The lowest BCUT2D eigenvalue weighted by Crippen LogP contribution is -2.46. The normalized spacial score (nSPS) is 10.9. The second-order valence-corrected chi connectivity index (χ2v) is 5.45. The van der Waals surface area contributed by atoms with Crippen LogP contribution in [0.5, 0.6) is 11.5 Å². The van der Waals surface area contributed by atoms with E-state index in [1.807, 2.05) is 19.1 Å². The van der Waals surface area contributed by atoms with Crippen LogP contribution in [0.2, 0.25) is 0 Å². The molecule has 1 amide bonds. The summed E-state index contributed by atoms with van der Waals surface area (Å²) >= 11 is 0. The van der Waals surface area contributed by atoms with E-state index in [1.54, 1.807) is 19.9 Å². The highest BCUT2D eigenvalue weighted by Crippen LogP contribution is 2.27. The fourth-order valence-electron chi connectivity index (χ4n) is 1.87. The Hall–Kier alpha value is -2.24. The maximum absolute atomic E-state index is 11.8. The summed E-state index contributed by atoms with van der Waals surface area (Å²) in [6.45, 7) is 5.01. The van der Waals surface area contributed by atoms with Gasteiger partial charge in [-0.2, -0.15) is 0 Å². The van der Waals surface area contributed by atoms with Gasteiger partial charge in [0, 0.05) is 5.54 Å². The van der Waals surface area contributed by atoms with Crippen molar-refractivity contribution >= 4 is 11.9 Å². The number of rotatable bonds is 7. The standard InChI is InChI=1S/C15H21NO5/c1-10-5-6-11(12(7-10)20-4)21-9-13(17)16-15(2,3)8-14(18)19/h5-7H,8-9H2,1-4H3,(H,16,17)(H,18,19). The third kappa shape index (κ3) is 5.72. The highest BCUT2D eigenvalue weighted by molar-refractivity contribution is 5.79. The summed E-state index contributed by atoms with van der Waals surface area (Å²) < 4.78 is 10.6. The van der Waals surface area contributed by atoms with Crippen LogP contribution in [0, 0.1) is 6.92 Å². The molecule has 1 aromatic carbocycles. The van der Waals surface area contributed by atoms with Crippen LogP contribution < -0.4 is 14.8 Å². The molecule has 6 nitrogen and oxygen atoms in total. The molecule has 6 heteroatoms. The van der Waals surface area contributed by atoms with Gasteiger partial charge in [0.05, 0.1) is 13.5 Å². The minimum Gasteiger partial charge on any atom is -0.493 e. The average Bonchev–Trinajstić information content (AvgIpc) is 2.34. The van der Waals surface area contributed by atoms with Crippen molar-refractivity contribution in [1.29, 1.82) is 0 Å². The smallest absolute Gasteiger partial charge is 0.305 e. The first kappa shape index (κ1) is 16.8. The minimum absolute atomic E-state index is 0.160. The first-order valence-electron chi connectivity index (χ1n) is 6.54. The molecule has 0 unspecified atom stereocenters. The van der Waals surface area contributed by atoms with Gasteiger partial charge >= 0.3 is 5.97 Å². The fourth-order valence-corrected chi connectivity index (χ4v) is 1.87. The number of hydrogen-bond donors (Lipinski definition) is 2. The van der Waals surface area contributed by atoms with Crippen LogP contribution in [0.4, 0.5) is 0 Å². The molecule has 0 spiro atoms. The van der Waals surface area contributed by atoms with Gasteiger partial charge in [-0.15, -0.1) is 0 Å². The van der Waals surface area contributed by atoms with E-state index < -0.39 is 11.5 Å². The van der Waals surface area contributed by atoms with Gasteiger partial charge in [0.15, 0.2) is 18.1 Å². The first-order chi connectivity index (χ1) is 9.73. The number of aryl methyl sites for hydroxylation is 1. The topological polar surface area (TPSA) is 84.9 Å². The monoisotopic (exact) mass is 295 g/mol. The van der Waals surface area contributed by atoms with Gasteiger partial charge in [0.1, 0.15) is 0 Å². The molecular weight excluding hydrogens is 274 g/mol. The number of hydrogen-bond acceptors (Lipinski definition) is 4. The maximum Gasteiger partial charge on any atom is 0.305 e. The molecule has 2 N–H and O–H groups in total. The molecule has 1 rings (SSSR count). The Morgan fingerprint density at radius 1 is 1.29 bits per heavy atom. The van der Waals surface area contributed by atoms with E-state index in [2.05, 4.69) is 5.32 Å². The quantitative estimate of drug-likeness (QED) is 0.800. The molecule has 0 atom stereocenters. The summed E-state index contributed by atoms with van der Waals surface area (Å²) in [6, 6.07) is 5.38.